The minimum absolute atomic E-state index is 0.484. The summed E-state index contributed by atoms with van der Waals surface area (Å²) in [5.41, 5.74) is 2.97. The number of hydrogen-bond acceptors (Lipinski definition) is 2. The largest absolute Gasteiger partial charge is 0.371 e. The van der Waals surface area contributed by atoms with Crippen LogP contribution in [0.5, 0.6) is 0 Å². The third-order valence-corrected chi connectivity index (χ3v) is 4.05. The highest BCUT2D eigenvalue weighted by Gasteiger charge is 2.28. The molecule has 2 heteroatoms. The third kappa shape index (κ3) is 1.82. The van der Waals surface area contributed by atoms with Crippen molar-refractivity contribution in [1.29, 1.82) is 0 Å². The van der Waals surface area contributed by atoms with Gasteiger partial charge >= 0.3 is 0 Å². The Labute approximate surface area is 103 Å². The molecule has 17 heavy (non-hydrogen) atoms. The fourth-order valence-corrected chi connectivity index (χ4v) is 3.10. The van der Waals surface area contributed by atoms with Gasteiger partial charge in [-0.05, 0) is 49.1 Å². The van der Waals surface area contributed by atoms with Gasteiger partial charge in [0.15, 0.2) is 0 Å². The Balaban J connectivity index is 2.05. The molecular weight excluding hydrogens is 208 g/mol. The Hall–Kier alpha value is -1.44. The van der Waals surface area contributed by atoms with Gasteiger partial charge in [0.2, 0.25) is 0 Å². The zero-order chi connectivity index (χ0) is 11.7. The topological polar surface area (TPSA) is 15.3 Å². The lowest BCUT2D eigenvalue weighted by Crippen LogP contribution is -2.46. The van der Waals surface area contributed by atoms with E-state index in [0.717, 1.165) is 12.5 Å². The maximum atomic E-state index is 3.49. The van der Waals surface area contributed by atoms with Crippen LogP contribution in [0.4, 0.5) is 5.69 Å². The molecule has 2 atom stereocenters. The van der Waals surface area contributed by atoms with Crippen molar-refractivity contribution >= 4 is 5.69 Å². The first-order valence-electron chi connectivity index (χ1n) is 6.66. The quantitative estimate of drug-likeness (QED) is 0.794. The number of benzene rings is 1. The molecule has 0 aliphatic carbocycles. The molecule has 0 saturated carbocycles. The zero-order valence-electron chi connectivity index (χ0n) is 10.4. The van der Waals surface area contributed by atoms with Crippen LogP contribution in [0.3, 0.4) is 0 Å². The maximum absolute atomic E-state index is 3.49. The van der Waals surface area contributed by atoms with E-state index in [4.69, 9.17) is 0 Å². The van der Waals surface area contributed by atoms with Crippen molar-refractivity contribution in [1.82, 2.24) is 5.32 Å². The van der Waals surface area contributed by atoms with Crippen LogP contribution in [0.1, 0.15) is 37.7 Å². The molecule has 2 heterocycles. The van der Waals surface area contributed by atoms with Crippen molar-refractivity contribution in [3.63, 3.8) is 0 Å². The Morgan fingerprint density at radius 2 is 2.18 bits per heavy atom. The van der Waals surface area contributed by atoms with E-state index in [0.29, 0.717) is 6.17 Å². The van der Waals surface area contributed by atoms with Crippen LogP contribution < -0.4 is 10.2 Å². The smallest absolute Gasteiger partial charge is 0.0988 e. The summed E-state index contributed by atoms with van der Waals surface area (Å²) in [6.45, 7) is 3.34. The summed E-state index contributed by atoms with van der Waals surface area (Å²) in [5.74, 6) is 0.721. The molecule has 2 aliphatic heterocycles. The first kappa shape index (κ1) is 10.7. The van der Waals surface area contributed by atoms with Gasteiger partial charge in [0.05, 0.1) is 6.17 Å². The highest BCUT2D eigenvalue weighted by atomic mass is 15.3. The van der Waals surface area contributed by atoms with Crippen molar-refractivity contribution in [3.8, 4) is 0 Å². The Morgan fingerprint density at radius 1 is 1.29 bits per heavy atom. The number of nitrogens with zero attached hydrogens (tertiary/aromatic N) is 1. The normalized spacial score (nSPS) is 26.8. The molecule has 90 valence electrons. The summed E-state index contributed by atoms with van der Waals surface area (Å²) in [5, 5.41) is 3.49. The van der Waals surface area contributed by atoms with Crippen LogP contribution in [0.2, 0.25) is 0 Å². The Bertz CT molecular complexity index is 425. The lowest BCUT2D eigenvalue weighted by Gasteiger charge is -2.35. The molecule has 0 bridgehead atoms. The predicted molar refractivity (Wildman–Crippen MR) is 72.1 cm³/mol. The van der Waals surface area contributed by atoms with Crippen LogP contribution in [0, 0.1) is 0 Å². The van der Waals surface area contributed by atoms with Crippen LogP contribution in [-0.4, -0.2) is 12.7 Å². The number of para-hydroxylation sites is 1. The van der Waals surface area contributed by atoms with Crippen molar-refractivity contribution in [2.24, 2.45) is 0 Å². The molecule has 1 aromatic rings. The molecule has 0 fully saturated rings. The highest BCUT2D eigenvalue weighted by molar-refractivity contribution is 5.57. The Kier molecular flexibility index (Phi) is 2.79. The summed E-state index contributed by atoms with van der Waals surface area (Å²) in [6, 6.07) is 8.92. The highest BCUT2D eigenvalue weighted by Crippen LogP contribution is 2.38. The summed E-state index contributed by atoms with van der Waals surface area (Å²) in [6.07, 6.45) is 8.56. The van der Waals surface area contributed by atoms with E-state index in [1.165, 1.54) is 30.5 Å². The average Bonchev–Trinajstić information content (AvgIpc) is 2.56. The zero-order valence-corrected chi connectivity index (χ0v) is 10.4. The van der Waals surface area contributed by atoms with Gasteiger partial charge in [-0.3, -0.25) is 0 Å². The summed E-state index contributed by atoms with van der Waals surface area (Å²) in [4.78, 5) is 2.50. The van der Waals surface area contributed by atoms with Crippen LogP contribution in [0.15, 0.2) is 36.5 Å². The third-order valence-electron chi connectivity index (χ3n) is 4.05. The molecule has 0 aromatic heterocycles. The molecule has 1 N–H and O–H groups in total. The molecule has 3 rings (SSSR count). The summed E-state index contributed by atoms with van der Waals surface area (Å²) in [7, 11) is 0. The van der Waals surface area contributed by atoms with Crippen LogP contribution >= 0.6 is 0 Å². The summed E-state index contributed by atoms with van der Waals surface area (Å²) >= 11 is 0. The maximum Gasteiger partial charge on any atom is 0.0988 e. The standard InChI is InChI=1S/C15H20N2/c1-2-12-8-9-15-16-10-5-11-17(15)14-7-4-3-6-13(12)14/h3-7,10,12,15-16H,2,8-9,11H2,1H3. The van der Waals surface area contributed by atoms with E-state index < -0.39 is 0 Å². The van der Waals surface area contributed by atoms with Gasteiger partial charge in [0, 0.05) is 12.2 Å². The number of rotatable bonds is 1. The SMILES string of the molecule is CCC1CCC2NC=CCN2c2ccccc21. The van der Waals surface area contributed by atoms with E-state index in [9.17, 15) is 0 Å². The number of hydrogen-bond donors (Lipinski definition) is 1. The lowest BCUT2D eigenvalue weighted by molar-refractivity contribution is 0.475. The van der Waals surface area contributed by atoms with Crippen molar-refractivity contribution in [3.05, 3.63) is 42.1 Å². The van der Waals surface area contributed by atoms with E-state index in [1.807, 2.05) is 0 Å². The molecular formula is C15H20N2. The molecule has 1 aromatic carbocycles. The fourth-order valence-electron chi connectivity index (χ4n) is 3.10. The predicted octanol–water partition coefficient (Wildman–Crippen LogP) is 3.22. The Morgan fingerprint density at radius 3 is 3.06 bits per heavy atom. The first-order valence-corrected chi connectivity index (χ1v) is 6.66. The molecule has 2 nitrogen and oxygen atoms in total. The van der Waals surface area contributed by atoms with Crippen LogP contribution in [0.25, 0.3) is 0 Å². The van der Waals surface area contributed by atoms with Gasteiger partial charge < -0.3 is 10.2 Å². The van der Waals surface area contributed by atoms with Gasteiger partial charge in [0.1, 0.15) is 0 Å². The van der Waals surface area contributed by atoms with Crippen molar-refractivity contribution in [2.45, 2.75) is 38.3 Å². The lowest BCUT2D eigenvalue weighted by atomic mass is 9.92. The van der Waals surface area contributed by atoms with Gasteiger partial charge in [-0.25, -0.2) is 0 Å². The second-order valence-electron chi connectivity index (χ2n) is 4.98. The average molecular weight is 228 g/mol. The van der Waals surface area contributed by atoms with E-state index in [2.05, 4.69) is 53.7 Å². The van der Waals surface area contributed by atoms with E-state index >= 15 is 0 Å². The molecule has 2 aliphatic rings. The molecule has 0 radical (unpaired) electrons. The van der Waals surface area contributed by atoms with Gasteiger partial charge in [0.25, 0.3) is 0 Å². The van der Waals surface area contributed by atoms with Crippen LogP contribution in [-0.2, 0) is 0 Å². The number of nitrogens with one attached hydrogen (secondary N) is 1. The fraction of sp³-hybridized carbons (Fsp3) is 0.467. The first-order chi connectivity index (χ1) is 8.40. The van der Waals surface area contributed by atoms with E-state index in [1.54, 1.807) is 0 Å². The van der Waals surface area contributed by atoms with Gasteiger partial charge in [-0.2, -0.15) is 0 Å². The summed E-state index contributed by atoms with van der Waals surface area (Å²) < 4.78 is 0. The minimum Gasteiger partial charge on any atom is -0.371 e. The van der Waals surface area contributed by atoms with Crippen molar-refractivity contribution in [2.75, 3.05) is 11.4 Å². The van der Waals surface area contributed by atoms with E-state index in [-0.39, 0.29) is 0 Å². The number of anilines is 1. The van der Waals surface area contributed by atoms with Gasteiger partial charge in [-0.15, -0.1) is 0 Å². The molecule has 0 saturated heterocycles. The van der Waals surface area contributed by atoms with Crippen molar-refractivity contribution < 1.29 is 0 Å². The number of fused-ring (bicyclic) bond motifs is 3. The second-order valence-corrected chi connectivity index (χ2v) is 4.98. The second kappa shape index (κ2) is 4.44. The monoisotopic (exact) mass is 228 g/mol. The van der Waals surface area contributed by atoms with Gasteiger partial charge in [-0.1, -0.05) is 25.1 Å². The molecule has 0 spiro atoms. The minimum atomic E-state index is 0.484. The molecule has 2 unspecified atom stereocenters. The molecule has 0 amide bonds.